The average Bonchev–Trinajstić information content (AvgIpc) is 2.49. The molecule has 0 saturated carbocycles. The molecule has 0 bridgehead atoms. The van der Waals surface area contributed by atoms with Crippen molar-refractivity contribution in [2.45, 2.75) is 6.42 Å². The van der Waals surface area contributed by atoms with E-state index in [9.17, 15) is 9.59 Å². The molecule has 0 amide bonds. The first-order valence-electron chi connectivity index (χ1n) is 5.87. The minimum absolute atomic E-state index is 0.529. The predicted molar refractivity (Wildman–Crippen MR) is 74.6 cm³/mol. The number of ether oxygens (including phenoxy) is 1. The molecule has 0 aliphatic carbocycles. The number of hydrogen-bond acceptors (Lipinski definition) is 3. The van der Waals surface area contributed by atoms with Crippen molar-refractivity contribution in [2.24, 2.45) is 0 Å². The Kier molecular flexibility index (Phi) is 6.66. The summed E-state index contributed by atoms with van der Waals surface area (Å²) >= 11 is 0. The first-order valence-corrected chi connectivity index (χ1v) is 5.87. The Morgan fingerprint density at radius 1 is 0.947 bits per heavy atom. The van der Waals surface area contributed by atoms with E-state index in [2.05, 4.69) is 0 Å². The van der Waals surface area contributed by atoms with Gasteiger partial charge in [0, 0.05) is 12.0 Å². The Morgan fingerprint density at radius 2 is 1.58 bits per heavy atom. The number of methoxy groups -OCH3 is 1. The van der Waals surface area contributed by atoms with Crippen LogP contribution in [0.25, 0.3) is 0 Å². The number of rotatable bonds is 4. The molecule has 0 radical (unpaired) electrons. The van der Waals surface area contributed by atoms with Gasteiger partial charge in [0.15, 0.2) is 0 Å². The van der Waals surface area contributed by atoms with Gasteiger partial charge in [0.05, 0.1) is 7.11 Å². The summed E-state index contributed by atoms with van der Waals surface area (Å²) in [5, 5.41) is 0. The van der Waals surface area contributed by atoms with Crippen LogP contribution in [0.4, 0.5) is 0 Å². The molecular formula is C16H16O3. The van der Waals surface area contributed by atoms with Crippen LogP contribution in [-0.2, 0) is 11.2 Å². The van der Waals surface area contributed by atoms with Crippen LogP contribution >= 0.6 is 0 Å². The van der Waals surface area contributed by atoms with Crippen molar-refractivity contribution in [3.05, 3.63) is 65.7 Å². The Bertz CT molecular complexity index is 489. The summed E-state index contributed by atoms with van der Waals surface area (Å²) < 4.78 is 4.90. The molecule has 0 aromatic heterocycles. The highest BCUT2D eigenvalue weighted by Crippen LogP contribution is 2.09. The molecule has 19 heavy (non-hydrogen) atoms. The first-order chi connectivity index (χ1) is 9.30. The van der Waals surface area contributed by atoms with E-state index >= 15 is 0 Å². The lowest BCUT2D eigenvalue weighted by Crippen LogP contribution is -1.82. The van der Waals surface area contributed by atoms with Gasteiger partial charge in [0.25, 0.3) is 0 Å². The van der Waals surface area contributed by atoms with Crippen molar-refractivity contribution in [1.29, 1.82) is 0 Å². The maximum Gasteiger partial charge on any atom is 0.150 e. The highest BCUT2D eigenvalue weighted by atomic mass is 16.5. The van der Waals surface area contributed by atoms with Gasteiger partial charge >= 0.3 is 0 Å². The molecule has 2 rings (SSSR count). The van der Waals surface area contributed by atoms with Crippen LogP contribution in [0.1, 0.15) is 15.9 Å². The predicted octanol–water partition coefficient (Wildman–Crippen LogP) is 2.94. The van der Waals surface area contributed by atoms with Crippen LogP contribution in [0.15, 0.2) is 54.6 Å². The second-order valence-corrected chi connectivity index (χ2v) is 3.75. The topological polar surface area (TPSA) is 43.4 Å². The van der Waals surface area contributed by atoms with Gasteiger partial charge in [0.2, 0.25) is 0 Å². The normalized spacial score (nSPS) is 8.89. The first kappa shape index (κ1) is 14.6. The zero-order valence-electron chi connectivity index (χ0n) is 10.8. The molecule has 2 aromatic carbocycles. The SMILES string of the molecule is COc1ccc(C=O)cc1.O=CCc1ccccc1. The molecule has 0 fully saturated rings. The van der Waals surface area contributed by atoms with E-state index < -0.39 is 0 Å². The van der Waals surface area contributed by atoms with Gasteiger partial charge in [-0.1, -0.05) is 30.3 Å². The molecule has 0 unspecified atom stereocenters. The Hall–Kier alpha value is -2.42. The van der Waals surface area contributed by atoms with Gasteiger partial charge in [-0.3, -0.25) is 4.79 Å². The Balaban J connectivity index is 0.000000191. The third-order valence-corrected chi connectivity index (χ3v) is 2.41. The lowest BCUT2D eigenvalue weighted by molar-refractivity contribution is -0.107. The van der Waals surface area contributed by atoms with Gasteiger partial charge in [-0.15, -0.1) is 0 Å². The Labute approximate surface area is 112 Å². The lowest BCUT2D eigenvalue weighted by Gasteiger charge is -1.96. The van der Waals surface area contributed by atoms with Gasteiger partial charge in [-0.25, -0.2) is 0 Å². The smallest absolute Gasteiger partial charge is 0.150 e. The average molecular weight is 256 g/mol. The number of carbonyl (C=O) groups is 2. The standard InChI is InChI=1S/C8H8O2.C8H8O/c1-10-8-4-2-7(6-9)3-5-8;9-7-6-8-4-2-1-3-5-8/h2-6H,1H3;1-5,7H,6H2. The summed E-state index contributed by atoms with van der Waals surface area (Å²) in [5.41, 5.74) is 1.74. The van der Waals surface area contributed by atoms with E-state index in [1.54, 1.807) is 31.4 Å². The van der Waals surface area contributed by atoms with Gasteiger partial charge in [-0.2, -0.15) is 0 Å². The summed E-state index contributed by atoms with van der Waals surface area (Å²) in [6, 6.07) is 16.6. The van der Waals surface area contributed by atoms with Crippen molar-refractivity contribution in [1.82, 2.24) is 0 Å². The van der Waals surface area contributed by atoms with Gasteiger partial charge in [-0.05, 0) is 29.8 Å². The number of benzene rings is 2. The molecule has 0 N–H and O–H groups in total. The molecule has 0 atom stereocenters. The third kappa shape index (κ3) is 5.64. The molecule has 3 nitrogen and oxygen atoms in total. The van der Waals surface area contributed by atoms with Gasteiger partial charge in [0.1, 0.15) is 18.3 Å². The number of aldehydes is 2. The Morgan fingerprint density at radius 3 is 2.05 bits per heavy atom. The molecule has 0 heterocycles. The van der Waals surface area contributed by atoms with E-state index in [4.69, 9.17) is 4.74 Å². The summed E-state index contributed by atoms with van der Waals surface area (Å²) in [5.74, 6) is 0.769. The van der Waals surface area contributed by atoms with Crippen molar-refractivity contribution in [3.8, 4) is 5.75 Å². The van der Waals surface area contributed by atoms with E-state index in [-0.39, 0.29) is 0 Å². The summed E-state index contributed by atoms with van der Waals surface area (Å²) in [6.45, 7) is 0. The number of carbonyl (C=O) groups excluding carboxylic acids is 2. The van der Waals surface area contributed by atoms with Crippen molar-refractivity contribution >= 4 is 12.6 Å². The minimum Gasteiger partial charge on any atom is -0.497 e. The number of hydrogen-bond donors (Lipinski definition) is 0. The van der Waals surface area contributed by atoms with Gasteiger partial charge < -0.3 is 9.53 Å². The van der Waals surface area contributed by atoms with E-state index in [1.165, 1.54) is 0 Å². The highest BCUT2D eigenvalue weighted by Gasteiger charge is 1.89. The highest BCUT2D eigenvalue weighted by molar-refractivity contribution is 5.74. The molecule has 98 valence electrons. The zero-order chi connectivity index (χ0) is 13.9. The fourth-order valence-electron chi connectivity index (χ4n) is 1.39. The molecular weight excluding hydrogens is 240 g/mol. The summed E-state index contributed by atoms with van der Waals surface area (Å²) in [7, 11) is 1.59. The minimum atomic E-state index is 0.529. The monoisotopic (exact) mass is 256 g/mol. The summed E-state index contributed by atoms with van der Waals surface area (Å²) in [4.78, 5) is 20.1. The molecule has 0 aliphatic rings. The molecule has 0 aliphatic heterocycles. The third-order valence-electron chi connectivity index (χ3n) is 2.41. The van der Waals surface area contributed by atoms with E-state index in [0.29, 0.717) is 12.0 Å². The fourth-order valence-corrected chi connectivity index (χ4v) is 1.39. The molecule has 0 saturated heterocycles. The van der Waals surface area contributed by atoms with Crippen LogP contribution in [0.3, 0.4) is 0 Å². The maximum absolute atomic E-state index is 10.2. The summed E-state index contributed by atoms with van der Waals surface area (Å²) in [6.07, 6.45) is 2.25. The van der Waals surface area contributed by atoms with Crippen LogP contribution in [0.5, 0.6) is 5.75 Å². The van der Waals surface area contributed by atoms with E-state index in [1.807, 2.05) is 30.3 Å². The maximum atomic E-state index is 10.2. The zero-order valence-corrected chi connectivity index (χ0v) is 10.8. The van der Waals surface area contributed by atoms with E-state index in [0.717, 1.165) is 23.9 Å². The molecule has 2 aromatic rings. The molecule has 3 heteroatoms. The largest absolute Gasteiger partial charge is 0.497 e. The molecule has 0 spiro atoms. The van der Waals surface area contributed by atoms with Crippen LogP contribution in [-0.4, -0.2) is 19.7 Å². The van der Waals surface area contributed by atoms with Crippen LogP contribution < -0.4 is 4.74 Å². The second-order valence-electron chi connectivity index (χ2n) is 3.75. The quantitative estimate of drug-likeness (QED) is 0.790. The van der Waals surface area contributed by atoms with Crippen LogP contribution in [0, 0.1) is 0 Å². The second kappa shape index (κ2) is 8.64. The van der Waals surface area contributed by atoms with Crippen molar-refractivity contribution in [2.75, 3.05) is 7.11 Å². The van der Waals surface area contributed by atoms with Crippen LogP contribution in [0.2, 0.25) is 0 Å². The fraction of sp³-hybridized carbons (Fsp3) is 0.125. The van der Waals surface area contributed by atoms with Crippen molar-refractivity contribution in [3.63, 3.8) is 0 Å². The van der Waals surface area contributed by atoms with Crippen molar-refractivity contribution < 1.29 is 14.3 Å². The lowest BCUT2D eigenvalue weighted by atomic mass is 10.2.